The van der Waals surface area contributed by atoms with Crippen LogP contribution in [-0.2, 0) is 0 Å². The first-order chi connectivity index (χ1) is 9.28. The topological polar surface area (TPSA) is 29.5 Å². The van der Waals surface area contributed by atoms with Gasteiger partial charge in [-0.15, -0.1) is 0 Å². The van der Waals surface area contributed by atoms with Gasteiger partial charge in [0.05, 0.1) is 6.61 Å². The van der Waals surface area contributed by atoms with Crippen molar-refractivity contribution in [1.29, 1.82) is 0 Å². The molecular formula is C16H23NO2. The SMILES string of the molecule is C[C@H]1CCCN(CCCOc2ccc(C=O)cc2)C1. The molecule has 1 saturated heterocycles. The number of aldehydes is 1. The van der Waals surface area contributed by atoms with Gasteiger partial charge in [-0.3, -0.25) is 4.79 Å². The molecule has 0 aromatic heterocycles. The summed E-state index contributed by atoms with van der Waals surface area (Å²) in [4.78, 5) is 13.1. The summed E-state index contributed by atoms with van der Waals surface area (Å²) in [6.45, 7) is 6.66. The summed E-state index contributed by atoms with van der Waals surface area (Å²) in [5, 5.41) is 0. The highest BCUT2D eigenvalue weighted by Gasteiger charge is 2.15. The van der Waals surface area contributed by atoms with E-state index in [9.17, 15) is 4.79 Å². The summed E-state index contributed by atoms with van der Waals surface area (Å²) in [6, 6.07) is 7.28. The molecular weight excluding hydrogens is 238 g/mol. The second-order valence-corrected chi connectivity index (χ2v) is 5.44. The fraction of sp³-hybridized carbons (Fsp3) is 0.562. The lowest BCUT2D eigenvalue weighted by Gasteiger charge is -2.30. The normalized spacial score (nSPS) is 20.2. The van der Waals surface area contributed by atoms with E-state index < -0.39 is 0 Å². The van der Waals surface area contributed by atoms with Crippen LogP contribution in [0.5, 0.6) is 5.75 Å². The molecule has 1 aromatic rings. The zero-order chi connectivity index (χ0) is 13.5. The van der Waals surface area contributed by atoms with E-state index in [-0.39, 0.29) is 0 Å². The van der Waals surface area contributed by atoms with E-state index in [1.807, 2.05) is 12.1 Å². The molecule has 0 amide bonds. The number of nitrogens with zero attached hydrogens (tertiary/aromatic N) is 1. The molecule has 0 radical (unpaired) electrons. The van der Waals surface area contributed by atoms with Crippen LogP contribution < -0.4 is 4.74 Å². The molecule has 3 nitrogen and oxygen atoms in total. The Labute approximate surface area is 115 Å². The molecule has 1 atom stereocenters. The van der Waals surface area contributed by atoms with Gasteiger partial charge >= 0.3 is 0 Å². The Bertz CT molecular complexity index is 388. The van der Waals surface area contributed by atoms with Crippen LogP contribution in [0, 0.1) is 5.92 Å². The Morgan fingerprint density at radius 1 is 1.37 bits per heavy atom. The Hall–Kier alpha value is -1.35. The molecule has 1 fully saturated rings. The quantitative estimate of drug-likeness (QED) is 0.582. The minimum atomic E-state index is 0.689. The average Bonchev–Trinajstić information content (AvgIpc) is 2.44. The lowest BCUT2D eigenvalue weighted by Crippen LogP contribution is -2.35. The van der Waals surface area contributed by atoms with E-state index in [1.54, 1.807) is 12.1 Å². The first kappa shape index (κ1) is 14.1. The van der Waals surface area contributed by atoms with Crippen molar-refractivity contribution in [2.24, 2.45) is 5.92 Å². The molecule has 2 rings (SSSR count). The summed E-state index contributed by atoms with van der Waals surface area (Å²) in [5.74, 6) is 1.68. The highest BCUT2D eigenvalue weighted by Crippen LogP contribution is 2.16. The van der Waals surface area contributed by atoms with E-state index >= 15 is 0 Å². The number of likely N-dealkylation sites (tertiary alicyclic amines) is 1. The fourth-order valence-electron chi connectivity index (χ4n) is 2.61. The van der Waals surface area contributed by atoms with Gasteiger partial charge in [0.15, 0.2) is 0 Å². The Morgan fingerprint density at radius 3 is 2.84 bits per heavy atom. The third-order valence-electron chi connectivity index (χ3n) is 3.64. The standard InChI is InChI=1S/C16H23NO2/c1-14-4-2-9-17(12-14)10-3-11-19-16-7-5-15(13-18)6-8-16/h5-8,13-14H,2-4,9-12H2,1H3/t14-/m0/s1. The fourth-order valence-corrected chi connectivity index (χ4v) is 2.61. The number of rotatable bonds is 6. The van der Waals surface area contributed by atoms with E-state index in [0.29, 0.717) is 5.56 Å². The highest BCUT2D eigenvalue weighted by atomic mass is 16.5. The average molecular weight is 261 g/mol. The molecule has 1 aliphatic rings. The predicted octanol–water partition coefficient (Wildman–Crippen LogP) is 3.00. The maximum absolute atomic E-state index is 10.5. The molecule has 0 bridgehead atoms. The van der Waals surface area contributed by atoms with Crippen LogP contribution in [0.15, 0.2) is 24.3 Å². The van der Waals surface area contributed by atoms with Crippen LogP contribution in [0.2, 0.25) is 0 Å². The summed E-state index contributed by atoms with van der Waals surface area (Å²) in [7, 11) is 0. The maximum atomic E-state index is 10.5. The van der Waals surface area contributed by atoms with Crippen LogP contribution in [0.25, 0.3) is 0 Å². The zero-order valence-corrected chi connectivity index (χ0v) is 11.7. The molecule has 0 N–H and O–H groups in total. The predicted molar refractivity (Wildman–Crippen MR) is 76.8 cm³/mol. The summed E-state index contributed by atoms with van der Waals surface area (Å²) in [5.41, 5.74) is 0.689. The Morgan fingerprint density at radius 2 is 2.16 bits per heavy atom. The zero-order valence-electron chi connectivity index (χ0n) is 11.7. The smallest absolute Gasteiger partial charge is 0.150 e. The number of ether oxygens (including phenoxy) is 1. The first-order valence-electron chi connectivity index (χ1n) is 7.18. The van der Waals surface area contributed by atoms with Crippen molar-refractivity contribution in [3.8, 4) is 5.75 Å². The van der Waals surface area contributed by atoms with Crippen molar-refractivity contribution in [2.75, 3.05) is 26.2 Å². The molecule has 19 heavy (non-hydrogen) atoms. The van der Waals surface area contributed by atoms with Crippen molar-refractivity contribution in [3.63, 3.8) is 0 Å². The minimum Gasteiger partial charge on any atom is -0.494 e. The van der Waals surface area contributed by atoms with Crippen molar-refractivity contribution in [3.05, 3.63) is 29.8 Å². The number of hydrogen-bond donors (Lipinski definition) is 0. The van der Waals surface area contributed by atoms with E-state index in [4.69, 9.17) is 4.74 Å². The van der Waals surface area contributed by atoms with Gasteiger partial charge in [0, 0.05) is 18.7 Å². The van der Waals surface area contributed by atoms with Crippen molar-refractivity contribution in [2.45, 2.75) is 26.2 Å². The molecule has 0 unspecified atom stereocenters. The summed E-state index contributed by atoms with van der Waals surface area (Å²) >= 11 is 0. The molecule has 104 valence electrons. The Balaban J connectivity index is 1.64. The number of carbonyl (C=O) groups is 1. The maximum Gasteiger partial charge on any atom is 0.150 e. The molecule has 3 heteroatoms. The number of piperidine rings is 1. The van der Waals surface area contributed by atoms with Crippen LogP contribution in [0.4, 0.5) is 0 Å². The van der Waals surface area contributed by atoms with Gasteiger partial charge in [-0.05, 0) is 56.0 Å². The molecule has 0 spiro atoms. The van der Waals surface area contributed by atoms with Gasteiger partial charge < -0.3 is 9.64 Å². The number of hydrogen-bond acceptors (Lipinski definition) is 3. The van der Waals surface area contributed by atoms with Crippen LogP contribution in [0.3, 0.4) is 0 Å². The second-order valence-electron chi connectivity index (χ2n) is 5.44. The first-order valence-corrected chi connectivity index (χ1v) is 7.18. The summed E-state index contributed by atoms with van der Waals surface area (Å²) in [6.07, 6.45) is 4.61. The molecule has 0 saturated carbocycles. The largest absolute Gasteiger partial charge is 0.494 e. The number of carbonyl (C=O) groups excluding carboxylic acids is 1. The monoisotopic (exact) mass is 261 g/mol. The van der Waals surface area contributed by atoms with Crippen molar-refractivity contribution in [1.82, 2.24) is 4.90 Å². The third-order valence-corrected chi connectivity index (χ3v) is 3.64. The lowest BCUT2D eigenvalue weighted by molar-refractivity contribution is 0.112. The van der Waals surface area contributed by atoms with Crippen LogP contribution in [0.1, 0.15) is 36.5 Å². The summed E-state index contributed by atoms with van der Waals surface area (Å²) < 4.78 is 5.68. The second kappa shape index (κ2) is 7.29. The number of benzene rings is 1. The van der Waals surface area contributed by atoms with Crippen LogP contribution in [-0.4, -0.2) is 37.4 Å². The van der Waals surface area contributed by atoms with Gasteiger partial charge in [-0.25, -0.2) is 0 Å². The van der Waals surface area contributed by atoms with E-state index in [2.05, 4.69) is 11.8 Å². The van der Waals surface area contributed by atoms with Gasteiger partial charge in [0.2, 0.25) is 0 Å². The van der Waals surface area contributed by atoms with Gasteiger partial charge in [-0.2, -0.15) is 0 Å². The minimum absolute atomic E-state index is 0.689. The van der Waals surface area contributed by atoms with Crippen molar-refractivity contribution < 1.29 is 9.53 Å². The van der Waals surface area contributed by atoms with E-state index in [0.717, 1.165) is 37.5 Å². The highest BCUT2D eigenvalue weighted by molar-refractivity contribution is 5.74. The molecule has 1 aromatic carbocycles. The molecule has 1 aliphatic heterocycles. The molecule has 0 aliphatic carbocycles. The van der Waals surface area contributed by atoms with Crippen LogP contribution >= 0.6 is 0 Å². The van der Waals surface area contributed by atoms with Gasteiger partial charge in [0.25, 0.3) is 0 Å². The van der Waals surface area contributed by atoms with E-state index in [1.165, 1.54) is 25.9 Å². The molecule has 1 heterocycles. The van der Waals surface area contributed by atoms with Gasteiger partial charge in [-0.1, -0.05) is 6.92 Å². The lowest BCUT2D eigenvalue weighted by atomic mass is 10.0. The third kappa shape index (κ3) is 4.67. The Kier molecular flexibility index (Phi) is 5.40. The van der Waals surface area contributed by atoms with Crippen molar-refractivity contribution >= 4 is 6.29 Å². The van der Waals surface area contributed by atoms with Gasteiger partial charge in [0.1, 0.15) is 12.0 Å².